The number of nitrogens with one attached hydrogen (secondary N) is 2. The average Bonchev–Trinajstić information content (AvgIpc) is 2.92. The van der Waals surface area contributed by atoms with Gasteiger partial charge in [-0.15, -0.1) is 0 Å². The van der Waals surface area contributed by atoms with E-state index < -0.39 is 0 Å². The minimum Gasteiger partial charge on any atom is -0.397 e. The molecule has 0 amide bonds. The fourth-order valence-corrected chi connectivity index (χ4v) is 1.96. The first-order chi connectivity index (χ1) is 9.03. The molecule has 2 rings (SSSR count). The summed E-state index contributed by atoms with van der Waals surface area (Å²) in [4.78, 5) is 3.07. The van der Waals surface area contributed by atoms with E-state index in [0.717, 1.165) is 12.2 Å². The summed E-state index contributed by atoms with van der Waals surface area (Å²) >= 11 is 0. The second-order valence-corrected chi connectivity index (χ2v) is 5.25. The van der Waals surface area contributed by atoms with Gasteiger partial charge in [-0.25, -0.2) is 0 Å². The van der Waals surface area contributed by atoms with E-state index in [4.69, 9.17) is 11.0 Å². The van der Waals surface area contributed by atoms with Gasteiger partial charge in [0.25, 0.3) is 0 Å². The lowest BCUT2D eigenvalue weighted by Crippen LogP contribution is -2.27. The third kappa shape index (κ3) is 2.89. The fraction of sp³-hybridized carbons (Fsp3) is 0.267. The van der Waals surface area contributed by atoms with Crippen LogP contribution >= 0.6 is 0 Å². The molecule has 1 aromatic carbocycles. The van der Waals surface area contributed by atoms with E-state index in [2.05, 4.69) is 36.3 Å². The largest absolute Gasteiger partial charge is 0.397 e. The van der Waals surface area contributed by atoms with E-state index in [9.17, 15) is 0 Å². The predicted molar refractivity (Wildman–Crippen MR) is 77.9 cm³/mol. The van der Waals surface area contributed by atoms with Gasteiger partial charge in [0.1, 0.15) is 0 Å². The highest BCUT2D eigenvalue weighted by Crippen LogP contribution is 2.25. The zero-order valence-corrected chi connectivity index (χ0v) is 11.2. The molecule has 0 aliphatic carbocycles. The van der Waals surface area contributed by atoms with Gasteiger partial charge in [-0.2, -0.15) is 5.26 Å². The van der Waals surface area contributed by atoms with Crippen LogP contribution in [-0.4, -0.2) is 11.5 Å². The van der Waals surface area contributed by atoms with E-state index in [-0.39, 0.29) is 5.41 Å². The normalized spacial score (nSPS) is 11.0. The van der Waals surface area contributed by atoms with E-state index in [0.29, 0.717) is 11.3 Å². The molecule has 1 aromatic heterocycles. The van der Waals surface area contributed by atoms with Gasteiger partial charge in [-0.3, -0.25) is 0 Å². The lowest BCUT2D eigenvalue weighted by atomic mass is 9.86. The van der Waals surface area contributed by atoms with Crippen LogP contribution in [0.15, 0.2) is 36.7 Å². The molecule has 1 heterocycles. The number of anilines is 2. The van der Waals surface area contributed by atoms with Crippen LogP contribution in [0.2, 0.25) is 0 Å². The topological polar surface area (TPSA) is 77.6 Å². The minimum atomic E-state index is 0.000337. The molecule has 0 atom stereocenters. The van der Waals surface area contributed by atoms with Crippen molar-refractivity contribution in [2.75, 3.05) is 17.6 Å². The quantitative estimate of drug-likeness (QED) is 0.734. The first-order valence-electron chi connectivity index (χ1n) is 6.20. The number of nitrogen functional groups attached to an aromatic ring is 1. The minimum absolute atomic E-state index is 0.000337. The van der Waals surface area contributed by atoms with Gasteiger partial charge in [0.05, 0.1) is 23.0 Å². The van der Waals surface area contributed by atoms with Crippen molar-refractivity contribution < 1.29 is 0 Å². The fourth-order valence-electron chi connectivity index (χ4n) is 1.96. The number of aromatic nitrogens is 1. The molecule has 98 valence electrons. The number of hydrogen-bond donors (Lipinski definition) is 3. The molecule has 4 nitrogen and oxygen atoms in total. The zero-order chi connectivity index (χ0) is 13.9. The molecule has 0 radical (unpaired) electrons. The van der Waals surface area contributed by atoms with E-state index in [1.807, 2.05) is 18.5 Å². The van der Waals surface area contributed by atoms with Crippen LogP contribution < -0.4 is 11.1 Å². The van der Waals surface area contributed by atoms with Crippen LogP contribution in [0, 0.1) is 11.3 Å². The van der Waals surface area contributed by atoms with Gasteiger partial charge in [0.2, 0.25) is 0 Å². The van der Waals surface area contributed by atoms with Crippen molar-refractivity contribution in [3.05, 3.63) is 47.8 Å². The standard InChI is InChI=1S/C15H18N4/c1-15(2,12-5-6-18-9-12)10-19-14-4-3-11(8-16)7-13(14)17/h3-7,9,18-19H,10,17H2,1-2H3. The molecule has 0 saturated carbocycles. The molecule has 0 spiro atoms. The number of nitrogens with two attached hydrogens (primary N) is 1. The Labute approximate surface area is 113 Å². The Hall–Kier alpha value is -2.41. The highest BCUT2D eigenvalue weighted by atomic mass is 14.9. The molecule has 19 heavy (non-hydrogen) atoms. The van der Waals surface area contributed by atoms with Gasteiger partial charge >= 0.3 is 0 Å². The molecule has 0 fully saturated rings. The summed E-state index contributed by atoms with van der Waals surface area (Å²) in [7, 11) is 0. The monoisotopic (exact) mass is 254 g/mol. The summed E-state index contributed by atoms with van der Waals surface area (Å²) < 4.78 is 0. The van der Waals surface area contributed by atoms with E-state index in [1.165, 1.54) is 5.56 Å². The van der Waals surface area contributed by atoms with Crippen LogP contribution in [-0.2, 0) is 5.41 Å². The molecular weight excluding hydrogens is 236 g/mol. The number of H-pyrrole nitrogens is 1. The Kier molecular flexibility index (Phi) is 3.48. The lowest BCUT2D eigenvalue weighted by Gasteiger charge is -2.25. The van der Waals surface area contributed by atoms with Crippen molar-refractivity contribution in [2.24, 2.45) is 0 Å². The van der Waals surface area contributed by atoms with E-state index in [1.54, 1.807) is 12.1 Å². The van der Waals surface area contributed by atoms with E-state index >= 15 is 0 Å². The van der Waals surface area contributed by atoms with Crippen LogP contribution in [0.1, 0.15) is 25.0 Å². The van der Waals surface area contributed by atoms with Crippen LogP contribution in [0.5, 0.6) is 0 Å². The van der Waals surface area contributed by atoms with Gasteiger partial charge in [0.15, 0.2) is 0 Å². The highest BCUT2D eigenvalue weighted by Gasteiger charge is 2.20. The molecule has 0 unspecified atom stereocenters. The van der Waals surface area contributed by atoms with Crippen molar-refractivity contribution in [1.82, 2.24) is 4.98 Å². The van der Waals surface area contributed by atoms with Crippen LogP contribution in [0.25, 0.3) is 0 Å². The SMILES string of the molecule is CC(C)(CNc1ccc(C#N)cc1N)c1cc[nH]c1. The number of rotatable bonds is 4. The number of nitrogens with zero attached hydrogens (tertiary/aromatic N) is 1. The molecule has 4 heteroatoms. The molecule has 4 N–H and O–H groups in total. The van der Waals surface area contributed by atoms with Gasteiger partial charge in [-0.05, 0) is 29.8 Å². The molecular formula is C15H18N4. The summed E-state index contributed by atoms with van der Waals surface area (Å²) in [6.45, 7) is 5.10. The number of aromatic amines is 1. The van der Waals surface area contributed by atoms with Crippen molar-refractivity contribution in [3.63, 3.8) is 0 Å². The number of benzene rings is 1. The summed E-state index contributed by atoms with van der Waals surface area (Å²) in [5, 5.41) is 12.2. The maximum Gasteiger partial charge on any atom is 0.0992 e. The second-order valence-electron chi connectivity index (χ2n) is 5.25. The van der Waals surface area contributed by atoms with Gasteiger partial charge in [0, 0.05) is 24.4 Å². The smallest absolute Gasteiger partial charge is 0.0992 e. The second kappa shape index (κ2) is 5.07. The third-order valence-corrected chi connectivity index (χ3v) is 3.28. The summed E-state index contributed by atoms with van der Waals surface area (Å²) in [6.07, 6.45) is 3.93. The van der Waals surface area contributed by atoms with Crippen molar-refractivity contribution in [1.29, 1.82) is 5.26 Å². The maximum absolute atomic E-state index is 8.81. The molecule has 0 aliphatic rings. The molecule has 0 saturated heterocycles. The summed E-state index contributed by atoms with van der Waals surface area (Å²) in [6, 6.07) is 9.45. The van der Waals surface area contributed by atoms with Crippen molar-refractivity contribution in [2.45, 2.75) is 19.3 Å². The van der Waals surface area contributed by atoms with Crippen molar-refractivity contribution >= 4 is 11.4 Å². The lowest BCUT2D eigenvalue weighted by molar-refractivity contribution is 0.558. The Morgan fingerprint density at radius 2 is 2.16 bits per heavy atom. The summed E-state index contributed by atoms with van der Waals surface area (Å²) in [5.41, 5.74) is 9.21. The Balaban J connectivity index is 2.09. The summed E-state index contributed by atoms with van der Waals surface area (Å²) in [5.74, 6) is 0. The molecule has 0 aliphatic heterocycles. The van der Waals surface area contributed by atoms with Crippen LogP contribution in [0.4, 0.5) is 11.4 Å². The number of nitriles is 1. The number of hydrogen-bond acceptors (Lipinski definition) is 3. The first kappa shape index (κ1) is 13.0. The predicted octanol–water partition coefficient (Wildman–Crippen LogP) is 2.86. The zero-order valence-electron chi connectivity index (χ0n) is 11.2. The highest BCUT2D eigenvalue weighted by molar-refractivity contribution is 5.68. The Morgan fingerprint density at radius 1 is 1.37 bits per heavy atom. The van der Waals surface area contributed by atoms with Gasteiger partial charge in [-0.1, -0.05) is 13.8 Å². The Morgan fingerprint density at radius 3 is 2.74 bits per heavy atom. The third-order valence-electron chi connectivity index (χ3n) is 3.28. The van der Waals surface area contributed by atoms with Crippen LogP contribution in [0.3, 0.4) is 0 Å². The molecule has 0 bridgehead atoms. The maximum atomic E-state index is 8.81. The average molecular weight is 254 g/mol. The Bertz CT molecular complexity index is 591. The molecule has 2 aromatic rings. The first-order valence-corrected chi connectivity index (χ1v) is 6.20. The van der Waals surface area contributed by atoms with Gasteiger partial charge < -0.3 is 16.0 Å². The van der Waals surface area contributed by atoms with Crippen molar-refractivity contribution in [3.8, 4) is 6.07 Å².